The summed E-state index contributed by atoms with van der Waals surface area (Å²) in [5.41, 5.74) is 9.57. The number of nitrogens with two attached hydrogens (primary N) is 1. The molecule has 0 radical (unpaired) electrons. The molecule has 132 valence electrons. The van der Waals surface area contributed by atoms with Gasteiger partial charge >= 0.3 is 0 Å². The van der Waals surface area contributed by atoms with Crippen molar-refractivity contribution < 1.29 is 4.79 Å². The highest BCUT2D eigenvalue weighted by Crippen LogP contribution is 2.27. The molecule has 0 saturated heterocycles. The van der Waals surface area contributed by atoms with E-state index < -0.39 is 0 Å². The Labute approximate surface area is 150 Å². The summed E-state index contributed by atoms with van der Waals surface area (Å²) in [5, 5.41) is 7.65. The summed E-state index contributed by atoms with van der Waals surface area (Å²) in [4.78, 5) is 12.0. The number of carbonyl (C=O) groups is 1. The third-order valence-corrected chi connectivity index (χ3v) is 3.70. The second-order valence-electron chi connectivity index (χ2n) is 6.95. The Balaban J connectivity index is 0.00000288. The predicted molar refractivity (Wildman–Crippen MR) is 101 cm³/mol. The lowest BCUT2D eigenvalue weighted by atomic mass is 9.92. The standard InChI is InChI=1S/C18H26N4O.ClH/c1-12-6-7-14(13(2)10-12)22-16(20-17(23)8-9-19)11-15(21-22)18(3,4)5;/h6-7,10-11H,8-9,19H2,1-5H3,(H,20,23);1H. The van der Waals surface area contributed by atoms with Gasteiger partial charge in [-0.1, -0.05) is 38.5 Å². The number of hydrogen-bond acceptors (Lipinski definition) is 3. The Morgan fingerprint density at radius 3 is 2.46 bits per heavy atom. The van der Waals surface area contributed by atoms with E-state index in [1.807, 2.05) is 29.8 Å². The monoisotopic (exact) mass is 350 g/mol. The van der Waals surface area contributed by atoms with Gasteiger partial charge in [0.15, 0.2) is 0 Å². The summed E-state index contributed by atoms with van der Waals surface area (Å²) in [6.07, 6.45) is 0.295. The first-order valence-corrected chi connectivity index (χ1v) is 7.90. The van der Waals surface area contributed by atoms with Crippen molar-refractivity contribution in [2.24, 2.45) is 5.73 Å². The number of halogens is 1. The summed E-state index contributed by atoms with van der Waals surface area (Å²) in [5.74, 6) is 0.583. The molecule has 0 atom stereocenters. The van der Waals surface area contributed by atoms with Gasteiger partial charge in [-0.15, -0.1) is 12.4 Å². The number of rotatable bonds is 4. The number of anilines is 1. The van der Waals surface area contributed by atoms with Crippen LogP contribution >= 0.6 is 12.4 Å². The van der Waals surface area contributed by atoms with Gasteiger partial charge in [0.1, 0.15) is 5.82 Å². The van der Waals surface area contributed by atoms with Crippen LogP contribution in [0.3, 0.4) is 0 Å². The minimum absolute atomic E-state index is 0. The van der Waals surface area contributed by atoms with Crippen molar-refractivity contribution in [3.05, 3.63) is 41.1 Å². The maximum Gasteiger partial charge on any atom is 0.226 e. The van der Waals surface area contributed by atoms with Crippen LogP contribution in [0.25, 0.3) is 5.69 Å². The molecule has 0 saturated carbocycles. The zero-order chi connectivity index (χ0) is 17.2. The molecule has 1 heterocycles. The highest BCUT2D eigenvalue weighted by molar-refractivity contribution is 5.90. The Morgan fingerprint density at radius 1 is 1.25 bits per heavy atom. The molecule has 6 heteroatoms. The molecule has 0 aliphatic rings. The lowest BCUT2D eigenvalue weighted by Gasteiger charge is -2.14. The van der Waals surface area contributed by atoms with Crippen molar-refractivity contribution in [3.8, 4) is 5.69 Å². The van der Waals surface area contributed by atoms with Crippen LogP contribution in [0.15, 0.2) is 24.3 Å². The normalized spacial score (nSPS) is 11.1. The Hall–Kier alpha value is -1.85. The number of benzene rings is 1. The SMILES string of the molecule is Cc1ccc(-n2nc(C(C)(C)C)cc2NC(=O)CCN)c(C)c1.Cl. The van der Waals surface area contributed by atoms with E-state index in [4.69, 9.17) is 10.8 Å². The minimum Gasteiger partial charge on any atom is -0.330 e. The molecule has 24 heavy (non-hydrogen) atoms. The maximum absolute atomic E-state index is 12.0. The Bertz CT molecular complexity index is 716. The number of nitrogens with one attached hydrogen (secondary N) is 1. The van der Waals surface area contributed by atoms with Crippen LogP contribution in [0, 0.1) is 13.8 Å². The first kappa shape index (κ1) is 20.2. The quantitative estimate of drug-likeness (QED) is 0.886. The molecule has 0 spiro atoms. The van der Waals surface area contributed by atoms with E-state index in [2.05, 4.69) is 39.1 Å². The fraction of sp³-hybridized carbons (Fsp3) is 0.444. The van der Waals surface area contributed by atoms with Crippen molar-refractivity contribution in [2.45, 2.75) is 46.5 Å². The second-order valence-corrected chi connectivity index (χ2v) is 6.95. The number of aromatic nitrogens is 2. The van der Waals surface area contributed by atoms with Crippen LogP contribution in [0.2, 0.25) is 0 Å². The predicted octanol–water partition coefficient (Wildman–Crippen LogP) is 3.50. The number of aryl methyl sites for hydroxylation is 2. The largest absolute Gasteiger partial charge is 0.330 e. The van der Waals surface area contributed by atoms with Gasteiger partial charge in [0.2, 0.25) is 5.91 Å². The first-order valence-electron chi connectivity index (χ1n) is 7.90. The second kappa shape index (κ2) is 7.81. The molecule has 0 bridgehead atoms. The van der Waals surface area contributed by atoms with Gasteiger partial charge in [0, 0.05) is 24.4 Å². The van der Waals surface area contributed by atoms with E-state index in [-0.39, 0.29) is 23.7 Å². The summed E-state index contributed by atoms with van der Waals surface area (Å²) in [6.45, 7) is 10.7. The number of amides is 1. The zero-order valence-electron chi connectivity index (χ0n) is 15.0. The van der Waals surface area contributed by atoms with Gasteiger partial charge in [-0.25, -0.2) is 4.68 Å². The molecule has 1 amide bonds. The van der Waals surface area contributed by atoms with Crippen LogP contribution in [0.1, 0.15) is 44.0 Å². The fourth-order valence-electron chi connectivity index (χ4n) is 2.40. The molecule has 1 aromatic carbocycles. The molecule has 2 aromatic rings. The minimum atomic E-state index is -0.100. The van der Waals surface area contributed by atoms with Gasteiger partial charge in [-0.3, -0.25) is 4.79 Å². The van der Waals surface area contributed by atoms with Crippen molar-refractivity contribution in [1.29, 1.82) is 0 Å². The van der Waals surface area contributed by atoms with Gasteiger partial charge < -0.3 is 11.1 Å². The van der Waals surface area contributed by atoms with Gasteiger partial charge in [-0.2, -0.15) is 5.10 Å². The Kier molecular flexibility index (Phi) is 6.58. The molecule has 2 rings (SSSR count). The molecule has 0 unspecified atom stereocenters. The van der Waals surface area contributed by atoms with Crippen molar-refractivity contribution in [1.82, 2.24) is 9.78 Å². The highest BCUT2D eigenvalue weighted by Gasteiger charge is 2.21. The van der Waals surface area contributed by atoms with Crippen LogP contribution < -0.4 is 11.1 Å². The lowest BCUT2D eigenvalue weighted by molar-refractivity contribution is -0.116. The van der Waals surface area contributed by atoms with Crippen LogP contribution in [-0.2, 0) is 10.2 Å². The van der Waals surface area contributed by atoms with E-state index in [1.165, 1.54) is 5.56 Å². The van der Waals surface area contributed by atoms with E-state index in [1.54, 1.807) is 0 Å². The topological polar surface area (TPSA) is 72.9 Å². The fourth-order valence-corrected chi connectivity index (χ4v) is 2.40. The average Bonchev–Trinajstić information content (AvgIpc) is 2.82. The average molecular weight is 351 g/mol. The smallest absolute Gasteiger partial charge is 0.226 e. The Morgan fingerprint density at radius 2 is 1.92 bits per heavy atom. The summed E-state index contributed by atoms with van der Waals surface area (Å²) in [6, 6.07) is 8.13. The molecule has 5 nitrogen and oxygen atoms in total. The van der Waals surface area contributed by atoms with Crippen LogP contribution in [-0.4, -0.2) is 22.2 Å². The first-order chi connectivity index (χ1) is 10.7. The van der Waals surface area contributed by atoms with E-state index in [9.17, 15) is 4.79 Å². The van der Waals surface area contributed by atoms with Crippen molar-refractivity contribution in [3.63, 3.8) is 0 Å². The number of nitrogens with zero attached hydrogens (tertiary/aromatic N) is 2. The molecular weight excluding hydrogens is 324 g/mol. The third kappa shape index (κ3) is 4.58. The molecule has 0 fully saturated rings. The maximum atomic E-state index is 12.0. The summed E-state index contributed by atoms with van der Waals surface area (Å²) < 4.78 is 1.81. The van der Waals surface area contributed by atoms with Gasteiger partial charge in [0.25, 0.3) is 0 Å². The number of carbonyl (C=O) groups excluding carboxylic acids is 1. The molecule has 3 N–H and O–H groups in total. The molecule has 0 aliphatic carbocycles. The summed E-state index contributed by atoms with van der Waals surface area (Å²) >= 11 is 0. The highest BCUT2D eigenvalue weighted by atomic mass is 35.5. The van der Waals surface area contributed by atoms with E-state index >= 15 is 0 Å². The van der Waals surface area contributed by atoms with Gasteiger partial charge in [0.05, 0.1) is 11.4 Å². The van der Waals surface area contributed by atoms with E-state index in [0.29, 0.717) is 18.8 Å². The molecule has 0 aliphatic heterocycles. The van der Waals surface area contributed by atoms with Crippen LogP contribution in [0.4, 0.5) is 5.82 Å². The van der Waals surface area contributed by atoms with Crippen molar-refractivity contribution >= 4 is 24.1 Å². The van der Waals surface area contributed by atoms with Crippen LogP contribution in [0.5, 0.6) is 0 Å². The third-order valence-electron chi connectivity index (χ3n) is 3.70. The molecule has 1 aromatic heterocycles. The van der Waals surface area contributed by atoms with Gasteiger partial charge in [-0.05, 0) is 25.5 Å². The van der Waals surface area contributed by atoms with Crippen molar-refractivity contribution in [2.75, 3.05) is 11.9 Å². The zero-order valence-corrected chi connectivity index (χ0v) is 15.8. The summed E-state index contributed by atoms with van der Waals surface area (Å²) in [7, 11) is 0. The number of hydrogen-bond donors (Lipinski definition) is 2. The lowest BCUT2D eigenvalue weighted by Crippen LogP contribution is -2.18. The van der Waals surface area contributed by atoms with E-state index in [0.717, 1.165) is 16.9 Å². The molecular formula is C18H27ClN4O.